The molecule has 1 aromatic rings. The maximum absolute atomic E-state index is 13.1. The van der Waals surface area contributed by atoms with Gasteiger partial charge < -0.3 is 10.2 Å². The molecule has 0 fully saturated rings. The summed E-state index contributed by atoms with van der Waals surface area (Å²) in [6.07, 6.45) is -1.47. The summed E-state index contributed by atoms with van der Waals surface area (Å²) in [7, 11) is -4.31. The van der Waals surface area contributed by atoms with Gasteiger partial charge in [0.2, 0.25) is 10.0 Å². The average molecular weight is 302 g/mol. The number of halogens is 1. The molecule has 9 heteroatoms. The lowest BCUT2D eigenvalue weighted by molar-refractivity contribution is -0.141. The second-order valence-corrected chi connectivity index (χ2v) is 5.65. The van der Waals surface area contributed by atoms with Gasteiger partial charge in [-0.25, -0.2) is 12.8 Å². The summed E-state index contributed by atoms with van der Waals surface area (Å²) in [5.41, 5.74) is -0.489. The molecule has 2 unspecified atom stereocenters. The number of benzene rings is 1. The normalized spacial score (nSPS) is 14.3. The largest absolute Gasteiger partial charge is 0.480 e. The van der Waals surface area contributed by atoms with E-state index < -0.39 is 44.4 Å². The molecule has 20 heavy (non-hydrogen) atoms. The zero-order valence-electron chi connectivity index (χ0n) is 10.2. The number of nitrogens with one attached hydrogen (secondary N) is 1. The molecule has 1 aromatic carbocycles. The third-order valence-corrected chi connectivity index (χ3v) is 3.84. The molecule has 0 radical (unpaired) electrons. The van der Waals surface area contributed by atoms with E-state index in [1.165, 1.54) is 6.07 Å². The first-order valence-electron chi connectivity index (χ1n) is 5.32. The minimum Gasteiger partial charge on any atom is -0.480 e. The molecule has 0 aromatic heterocycles. The first-order valence-corrected chi connectivity index (χ1v) is 6.80. The fourth-order valence-corrected chi connectivity index (χ4v) is 2.64. The summed E-state index contributed by atoms with van der Waals surface area (Å²) in [4.78, 5) is 10.4. The van der Waals surface area contributed by atoms with Gasteiger partial charge in [0.05, 0.1) is 16.6 Å². The quantitative estimate of drug-likeness (QED) is 0.691. The van der Waals surface area contributed by atoms with Gasteiger partial charge in [-0.2, -0.15) is 9.98 Å². The number of aliphatic carboxylic acids is 1. The van der Waals surface area contributed by atoms with Crippen molar-refractivity contribution < 1.29 is 27.8 Å². The Morgan fingerprint density at radius 2 is 2.10 bits per heavy atom. The lowest BCUT2D eigenvalue weighted by Gasteiger charge is -2.17. The molecular weight excluding hydrogens is 291 g/mol. The Morgan fingerprint density at radius 3 is 2.55 bits per heavy atom. The molecule has 0 saturated carbocycles. The van der Waals surface area contributed by atoms with Gasteiger partial charge in [0.25, 0.3) is 0 Å². The van der Waals surface area contributed by atoms with Gasteiger partial charge in [-0.1, -0.05) is 0 Å². The minimum atomic E-state index is -4.31. The Kier molecular flexibility index (Phi) is 4.78. The Bertz CT molecular complexity index is 666. The van der Waals surface area contributed by atoms with Crippen molar-refractivity contribution in [3.63, 3.8) is 0 Å². The number of nitriles is 1. The number of carboxylic acids is 1. The van der Waals surface area contributed by atoms with Gasteiger partial charge in [0.15, 0.2) is 0 Å². The Hall–Kier alpha value is -2.02. The van der Waals surface area contributed by atoms with E-state index in [0.29, 0.717) is 0 Å². The molecule has 0 amide bonds. The van der Waals surface area contributed by atoms with Gasteiger partial charge in [-0.05, 0) is 25.1 Å². The number of rotatable bonds is 5. The summed E-state index contributed by atoms with van der Waals surface area (Å²) >= 11 is 0. The molecule has 0 bridgehead atoms. The van der Waals surface area contributed by atoms with Gasteiger partial charge in [0.1, 0.15) is 17.9 Å². The molecule has 0 saturated heterocycles. The van der Waals surface area contributed by atoms with Crippen LogP contribution in [-0.4, -0.2) is 36.7 Å². The van der Waals surface area contributed by atoms with E-state index in [1.807, 2.05) is 0 Å². The maximum Gasteiger partial charge on any atom is 0.324 e. The third-order valence-electron chi connectivity index (χ3n) is 2.40. The lowest BCUT2D eigenvalue weighted by Crippen LogP contribution is -2.47. The van der Waals surface area contributed by atoms with Crippen molar-refractivity contribution in [2.24, 2.45) is 0 Å². The first-order chi connectivity index (χ1) is 9.19. The second-order valence-electron chi connectivity index (χ2n) is 3.93. The van der Waals surface area contributed by atoms with Crippen LogP contribution in [0.1, 0.15) is 12.5 Å². The fourth-order valence-electron chi connectivity index (χ4n) is 1.35. The number of carbonyl (C=O) groups is 1. The Labute approximate surface area is 114 Å². The summed E-state index contributed by atoms with van der Waals surface area (Å²) in [5.74, 6) is -2.46. The van der Waals surface area contributed by atoms with Crippen LogP contribution >= 0.6 is 0 Å². The predicted molar refractivity (Wildman–Crippen MR) is 64.5 cm³/mol. The number of nitrogens with zero attached hydrogens (tertiary/aromatic N) is 1. The molecule has 2 atom stereocenters. The molecular formula is C11H11FN2O5S. The molecule has 0 heterocycles. The maximum atomic E-state index is 13.1. The summed E-state index contributed by atoms with van der Waals surface area (Å²) in [5, 5.41) is 26.6. The van der Waals surface area contributed by atoms with E-state index in [9.17, 15) is 22.7 Å². The Balaban J connectivity index is 3.18. The number of aliphatic hydroxyl groups is 1. The molecule has 0 aliphatic rings. The minimum absolute atomic E-state index is 0.470. The van der Waals surface area contributed by atoms with Crippen molar-refractivity contribution in [3.8, 4) is 6.07 Å². The fraction of sp³-hybridized carbons (Fsp3) is 0.273. The number of carboxylic acid groups (broad SMARTS) is 1. The highest BCUT2D eigenvalue weighted by Gasteiger charge is 2.29. The van der Waals surface area contributed by atoms with Crippen molar-refractivity contribution in [2.45, 2.75) is 24.0 Å². The summed E-state index contributed by atoms with van der Waals surface area (Å²) < 4.78 is 38.7. The van der Waals surface area contributed by atoms with Crippen LogP contribution in [0.15, 0.2) is 23.1 Å². The van der Waals surface area contributed by atoms with Crippen LogP contribution in [0.25, 0.3) is 0 Å². The van der Waals surface area contributed by atoms with Crippen LogP contribution in [0, 0.1) is 17.1 Å². The van der Waals surface area contributed by atoms with Crippen LogP contribution < -0.4 is 4.72 Å². The van der Waals surface area contributed by atoms with Gasteiger partial charge >= 0.3 is 5.97 Å². The van der Waals surface area contributed by atoms with E-state index in [1.54, 1.807) is 4.72 Å². The smallest absolute Gasteiger partial charge is 0.324 e. The van der Waals surface area contributed by atoms with E-state index in [-0.39, 0.29) is 0 Å². The van der Waals surface area contributed by atoms with Gasteiger partial charge in [0, 0.05) is 0 Å². The van der Waals surface area contributed by atoms with Crippen molar-refractivity contribution in [1.29, 1.82) is 5.26 Å². The zero-order chi connectivity index (χ0) is 15.5. The van der Waals surface area contributed by atoms with Crippen LogP contribution in [0.5, 0.6) is 0 Å². The second kappa shape index (κ2) is 5.96. The summed E-state index contributed by atoms with van der Waals surface area (Å²) in [6, 6.07) is 2.17. The van der Waals surface area contributed by atoms with Crippen LogP contribution in [0.3, 0.4) is 0 Å². The summed E-state index contributed by atoms with van der Waals surface area (Å²) in [6.45, 7) is 1.10. The van der Waals surface area contributed by atoms with Crippen molar-refractivity contribution in [2.75, 3.05) is 0 Å². The standard InChI is InChI=1S/C11H11FN2O5S/c1-6(15)10(11(16)17)14-20(18,19)8-2-3-9(12)7(4-8)5-13/h2-4,6,10,14-15H,1H3,(H,16,17). The van der Waals surface area contributed by atoms with Crippen LogP contribution in [-0.2, 0) is 14.8 Å². The Morgan fingerprint density at radius 1 is 1.50 bits per heavy atom. The first kappa shape index (κ1) is 16.0. The van der Waals surface area contributed by atoms with Gasteiger partial charge in [-0.15, -0.1) is 0 Å². The van der Waals surface area contributed by atoms with E-state index >= 15 is 0 Å². The SMILES string of the molecule is CC(O)C(NS(=O)(=O)c1ccc(F)c(C#N)c1)C(=O)O. The number of sulfonamides is 1. The molecule has 0 aliphatic heterocycles. The lowest BCUT2D eigenvalue weighted by atomic mass is 10.2. The molecule has 7 nitrogen and oxygen atoms in total. The highest BCUT2D eigenvalue weighted by Crippen LogP contribution is 2.15. The van der Waals surface area contributed by atoms with E-state index in [0.717, 1.165) is 25.1 Å². The molecule has 1 rings (SSSR count). The average Bonchev–Trinajstić information content (AvgIpc) is 2.35. The van der Waals surface area contributed by atoms with E-state index in [2.05, 4.69) is 0 Å². The number of hydrogen-bond acceptors (Lipinski definition) is 5. The number of aliphatic hydroxyl groups excluding tert-OH is 1. The highest BCUT2D eigenvalue weighted by molar-refractivity contribution is 7.89. The van der Waals surface area contributed by atoms with Crippen molar-refractivity contribution in [1.82, 2.24) is 4.72 Å². The molecule has 0 aliphatic carbocycles. The number of hydrogen-bond donors (Lipinski definition) is 3. The molecule has 108 valence electrons. The predicted octanol–water partition coefficient (Wildman–Crippen LogP) is -0.190. The van der Waals surface area contributed by atoms with Crippen molar-refractivity contribution >= 4 is 16.0 Å². The topological polar surface area (TPSA) is 127 Å². The zero-order valence-corrected chi connectivity index (χ0v) is 11.1. The van der Waals surface area contributed by atoms with Crippen LogP contribution in [0.2, 0.25) is 0 Å². The van der Waals surface area contributed by atoms with Crippen LogP contribution in [0.4, 0.5) is 4.39 Å². The monoisotopic (exact) mass is 302 g/mol. The molecule has 0 spiro atoms. The highest BCUT2D eigenvalue weighted by atomic mass is 32.2. The third kappa shape index (κ3) is 3.51. The van der Waals surface area contributed by atoms with Gasteiger partial charge in [-0.3, -0.25) is 4.79 Å². The van der Waals surface area contributed by atoms with E-state index in [4.69, 9.17) is 10.4 Å². The van der Waals surface area contributed by atoms with Crippen molar-refractivity contribution in [3.05, 3.63) is 29.6 Å². The molecule has 3 N–H and O–H groups in total.